The van der Waals surface area contributed by atoms with E-state index in [0.717, 1.165) is 6.54 Å². The molecule has 2 N–H and O–H groups in total. The Hall–Kier alpha value is -0.760. The van der Waals surface area contributed by atoms with Crippen LogP contribution in [0, 0.1) is 13.8 Å². The Balaban J connectivity index is 2.83. The molecule has 0 unspecified atom stereocenters. The van der Waals surface area contributed by atoms with E-state index in [2.05, 4.69) is 30.3 Å². The van der Waals surface area contributed by atoms with E-state index in [0.29, 0.717) is 0 Å². The van der Waals surface area contributed by atoms with Gasteiger partial charge in [0.15, 0.2) is 0 Å². The number of rotatable bonds is 2. The highest BCUT2D eigenvalue weighted by Crippen LogP contribution is 2.10. The second-order valence-electron chi connectivity index (χ2n) is 2.59. The predicted octanol–water partition coefficient (Wildman–Crippen LogP) is 1.35. The zero-order valence-corrected chi connectivity index (χ0v) is 6.78. The van der Waals surface area contributed by atoms with Crippen molar-refractivity contribution >= 4 is 0 Å². The van der Waals surface area contributed by atoms with Gasteiger partial charge in [-0.05, 0) is 32.0 Å². The number of aromatic nitrogens is 1. The molecule has 1 aromatic heterocycles. The van der Waals surface area contributed by atoms with Crippen LogP contribution >= 0.6 is 0 Å². The Labute approximate surface area is 61.7 Å². The fourth-order valence-electron chi connectivity index (χ4n) is 1.03. The molecule has 0 aliphatic carbocycles. The van der Waals surface area contributed by atoms with Crippen molar-refractivity contribution in [1.82, 2.24) is 10.3 Å². The van der Waals surface area contributed by atoms with Gasteiger partial charge in [-0.25, -0.2) is 0 Å². The first-order chi connectivity index (χ1) is 4.75. The van der Waals surface area contributed by atoms with Gasteiger partial charge in [-0.3, -0.25) is 0 Å². The fraction of sp³-hybridized carbons (Fsp3) is 0.500. The van der Waals surface area contributed by atoms with Crippen molar-refractivity contribution < 1.29 is 0 Å². The summed E-state index contributed by atoms with van der Waals surface area (Å²) in [4.78, 5) is 3.18. The van der Waals surface area contributed by atoms with Crippen LogP contribution in [0.1, 0.15) is 16.8 Å². The molecule has 0 aromatic carbocycles. The fourth-order valence-corrected chi connectivity index (χ4v) is 1.03. The van der Waals surface area contributed by atoms with Gasteiger partial charge in [0.05, 0.1) is 0 Å². The molecule has 1 rings (SSSR count). The van der Waals surface area contributed by atoms with E-state index in [1.54, 1.807) is 0 Å². The van der Waals surface area contributed by atoms with Crippen LogP contribution in [0.4, 0.5) is 0 Å². The third-order valence-corrected chi connectivity index (χ3v) is 1.87. The highest BCUT2D eigenvalue weighted by atomic mass is 14.8. The zero-order chi connectivity index (χ0) is 7.56. The standard InChI is InChI=1S/C8H14N2/c1-6-7(2)10-5-8(6)4-9-3/h5,9-10H,4H2,1-3H3. The number of hydrogen-bond donors (Lipinski definition) is 2. The Bertz CT molecular complexity index is 213. The Morgan fingerprint density at radius 3 is 2.60 bits per heavy atom. The average Bonchev–Trinajstić information content (AvgIpc) is 2.20. The van der Waals surface area contributed by atoms with E-state index in [1.807, 2.05) is 7.05 Å². The van der Waals surface area contributed by atoms with Crippen molar-refractivity contribution in [2.45, 2.75) is 20.4 Å². The molecule has 2 nitrogen and oxygen atoms in total. The molecular weight excluding hydrogens is 124 g/mol. The quantitative estimate of drug-likeness (QED) is 0.634. The summed E-state index contributed by atoms with van der Waals surface area (Å²) in [6.45, 7) is 5.18. The summed E-state index contributed by atoms with van der Waals surface area (Å²) in [5.41, 5.74) is 4.00. The Morgan fingerprint density at radius 2 is 2.20 bits per heavy atom. The molecule has 1 heterocycles. The molecule has 0 aliphatic heterocycles. The van der Waals surface area contributed by atoms with Crippen LogP contribution in [-0.2, 0) is 6.54 Å². The van der Waals surface area contributed by atoms with E-state index in [4.69, 9.17) is 0 Å². The summed E-state index contributed by atoms with van der Waals surface area (Å²) < 4.78 is 0. The van der Waals surface area contributed by atoms with Gasteiger partial charge in [0.1, 0.15) is 0 Å². The number of H-pyrrole nitrogens is 1. The van der Waals surface area contributed by atoms with Gasteiger partial charge in [0.25, 0.3) is 0 Å². The summed E-state index contributed by atoms with van der Waals surface area (Å²) in [5.74, 6) is 0. The molecule has 0 amide bonds. The smallest absolute Gasteiger partial charge is 0.0220 e. The minimum Gasteiger partial charge on any atom is -0.365 e. The third kappa shape index (κ3) is 1.21. The minimum atomic E-state index is 0.955. The van der Waals surface area contributed by atoms with Gasteiger partial charge in [-0.15, -0.1) is 0 Å². The molecule has 2 heteroatoms. The van der Waals surface area contributed by atoms with E-state index in [1.165, 1.54) is 16.8 Å². The van der Waals surface area contributed by atoms with Gasteiger partial charge in [0.2, 0.25) is 0 Å². The lowest BCUT2D eigenvalue weighted by Crippen LogP contribution is -2.04. The van der Waals surface area contributed by atoms with Crippen LogP contribution in [0.2, 0.25) is 0 Å². The maximum Gasteiger partial charge on any atom is 0.0220 e. The summed E-state index contributed by atoms with van der Waals surface area (Å²) in [5, 5.41) is 3.12. The molecule has 0 aliphatic rings. The van der Waals surface area contributed by atoms with Crippen LogP contribution in [0.5, 0.6) is 0 Å². The molecule has 0 bridgehead atoms. The molecule has 0 saturated heterocycles. The van der Waals surface area contributed by atoms with Gasteiger partial charge in [-0.2, -0.15) is 0 Å². The van der Waals surface area contributed by atoms with Crippen molar-refractivity contribution in [3.63, 3.8) is 0 Å². The highest BCUT2D eigenvalue weighted by Gasteiger charge is 1.99. The van der Waals surface area contributed by atoms with Gasteiger partial charge in [-0.1, -0.05) is 0 Å². The van der Waals surface area contributed by atoms with Gasteiger partial charge < -0.3 is 10.3 Å². The Kier molecular flexibility index (Phi) is 2.12. The van der Waals surface area contributed by atoms with Crippen molar-refractivity contribution in [2.24, 2.45) is 0 Å². The monoisotopic (exact) mass is 138 g/mol. The van der Waals surface area contributed by atoms with Crippen LogP contribution in [0.25, 0.3) is 0 Å². The van der Waals surface area contributed by atoms with E-state index in [-0.39, 0.29) is 0 Å². The van der Waals surface area contributed by atoms with Crippen LogP contribution < -0.4 is 5.32 Å². The molecular formula is C8H14N2. The highest BCUT2D eigenvalue weighted by molar-refractivity contribution is 5.28. The zero-order valence-electron chi connectivity index (χ0n) is 6.78. The van der Waals surface area contributed by atoms with Crippen LogP contribution in [0.3, 0.4) is 0 Å². The first-order valence-corrected chi connectivity index (χ1v) is 3.53. The summed E-state index contributed by atoms with van der Waals surface area (Å²) >= 11 is 0. The first kappa shape index (κ1) is 7.35. The van der Waals surface area contributed by atoms with E-state index < -0.39 is 0 Å². The van der Waals surface area contributed by atoms with Crippen molar-refractivity contribution in [2.75, 3.05) is 7.05 Å². The van der Waals surface area contributed by atoms with Crippen molar-refractivity contribution in [3.05, 3.63) is 23.0 Å². The third-order valence-electron chi connectivity index (χ3n) is 1.87. The molecule has 0 fully saturated rings. The van der Waals surface area contributed by atoms with Crippen molar-refractivity contribution in [3.8, 4) is 0 Å². The number of aryl methyl sites for hydroxylation is 1. The minimum absolute atomic E-state index is 0.955. The van der Waals surface area contributed by atoms with Crippen LogP contribution in [-0.4, -0.2) is 12.0 Å². The normalized spacial score (nSPS) is 10.3. The maximum absolute atomic E-state index is 3.18. The van der Waals surface area contributed by atoms with Crippen LogP contribution in [0.15, 0.2) is 6.20 Å². The molecule has 10 heavy (non-hydrogen) atoms. The lowest BCUT2D eigenvalue weighted by molar-refractivity contribution is 0.814. The number of nitrogens with one attached hydrogen (secondary N) is 2. The lowest BCUT2D eigenvalue weighted by atomic mass is 10.2. The topological polar surface area (TPSA) is 27.8 Å². The molecule has 1 aromatic rings. The summed E-state index contributed by atoms with van der Waals surface area (Å²) in [6.07, 6.45) is 2.06. The average molecular weight is 138 g/mol. The number of aromatic amines is 1. The number of hydrogen-bond acceptors (Lipinski definition) is 1. The molecule has 0 saturated carbocycles. The largest absolute Gasteiger partial charge is 0.365 e. The molecule has 56 valence electrons. The second-order valence-corrected chi connectivity index (χ2v) is 2.59. The maximum atomic E-state index is 3.18. The summed E-state index contributed by atoms with van der Waals surface area (Å²) in [7, 11) is 1.96. The SMILES string of the molecule is CNCc1c[nH]c(C)c1C. The predicted molar refractivity (Wildman–Crippen MR) is 43.0 cm³/mol. The Morgan fingerprint density at radius 1 is 1.50 bits per heavy atom. The van der Waals surface area contributed by atoms with E-state index >= 15 is 0 Å². The van der Waals surface area contributed by atoms with Gasteiger partial charge in [0, 0.05) is 18.4 Å². The molecule has 0 atom stereocenters. The second kappa shape index (κ2) is 2.88. The molecule has 0 radical (unpaired) electrons. The van der Waals surface area contributed by atoms with Gasteiger partial charge >= 0.3 is 0 Å². The van der Waals surface area contributed by atoms with Crippen molar-refractivity contribution in [1.29, 1.82) is 0 Å². The summed E-state index contributed by atoms with van der Waals surface area (Å²) in [6, 6.07) is 0. The van der Waals surface area contributed by atoms with E-state index in [9.17, 15) is 0 Å². The lowest BCUT2D eigenvalue weighted by Gasteiger charge is -1.96. The molecule has 0 spiro atoms. The first-order valence-electron chi connectivity index (χ1n) is 3.53.